The van der Waals surface area contributed by atoms with Gasteiger partial charge in [0.15, 0.2) is 5.76 Å². The average molecular weight is 311 g/mol. The summed E-state index contributed by atoms with van der Waals surface area (Å²) in [5.74, 6) is 1.66. The molecule has 1 aliphatic carbocycles. The van der Waals surface area contributed by atoms with E-state index in [2.05, 4.69) is 19.2 Å². The number of nitrogens with one attached hydrogen (secondary N) is 1. The Morgan fingerprint density at radius 2 is 2.23 bits per heavy atom. The standard InChI is InChI=1S/C17H29NO4/c1-12(2)14-9-15(17(20)18-11-13-5-6-13)22-16(10-14)21-8-4-3-7-19/h9,12-14,16,19H,3-8,10-11H2,1-2H3,(H,18,20). The highest BCUT2D eigenvalue weighted by atomic mass is 16.7. The summed E-state index contributed by atoms with van der Waals surface area (Å²) in [6.07, 6.45) is 6.31. The lowest BCUT2D eigenvalue weighted by molar-refractivity contribution is -0.150. The Bertz CT molecular complexity index is 390. The zero-order valence-corrected chi connectivity index (χ0v) is 13.7. The number of hydrogen-bond donors (Lipinski definition) is 2. The fourth-order valence-corrected chi connectivity index (χ4v) is 2.48. The summed E-state index contributed by atoms with van der Waals surface area (Å²) in [6, 6.07) is 0. The Labute approximate surface area is 133 Å². The molecule has 2 atom stereocenters. The first-order valence-corrected chi connectivity index (χ1v) is 8.49. The Morgan fingerprint density at radius 1 is 1.45 bits per heavy atom. The molecule has 1 aliphatic heterocycles. The van der Waals surface area contributed by atoms with Crippen molar-refractivity contribution in [3.05, 3.63) is 11.8 Å². The Hall–Kier alpha value is -1.07. The van der Waals surface area contributed by atoms with E-state index in [-0.39, 0.29) is 18.8 Å². The van der Waals surface area contributed by atoms with Gasteiger partial charge in [0.2, 0.25) is 6.29 Å². The second kappa shape index (κ2) is 8.53. The van der Waals surface area contributed by atoms with Crippen molar-refractivity contribution in [2.75, 3.05) is 19.8 Å². The Balaban J connectivity index is 1.86. The van der Waals surface area contributed by atoms with Gasteiger partial charge in [-0.1, -0.05) is 13.8 Å². The van der Waals surface area contributed by atoms with Crippen molar-refractivity contribution in [2.45, 2.75) is 52.2 Å². The molecule has 0 bridgehead atoms. The highest BCUT2D eigenvalue weighted by Crippen LogP contribution is 2.30. The van der Waals surface area contributed by atoms with Crippen LogP contribution >= 0.6 is 0 Å². The van der Waals surface area contributed by atoms with Crippen LogP contribution in [0.15, 0.2) is 11.8 Å². The SMILES string of the molecule is CC(C)C1C=C(C(=O)NCC2CC2)OC(OCCCCO)C1. The molecule has 126 valence electrons. The van der Waals surface area contributed by atoms with Gasteiger partial charge in [0.25, 0.3) is 5.91 Å². The van der Waals surface area contributed by atoms with Gasteiger partial charge in [-0.15, -0.1) is 0 Å². The third kappa shape index (κ3) is 5.61. The van der Waals surface area contributed by atoms with Crippen LogP contribution in [0.5, 0.6) is 0 Å². The van der Waals surface area contributed by atoms with Gasteiger partial charge in [0.1, 0.15) is 0 Å². The van der Waals surface area contributed by atoms with Gasteiger partial charge < -0.3 is 19.9 Å². The first-order chi connectivity index (χ1) is 10.6. The molecule has 0 aromatic heterocycles. The molecule has 0 aromatic carbocycles. The Morgan fingerprint density at radius 3 is 2.86 bits per heavy atom. The zero-order chi connectivity index (χ0) is 15.9. The van der Waals surface area contributed by atoms with Gasteiger partial charge in [-0.25, -0.2) is 0 Å². The lowest BCUT2D eigenvalue weighted by Gasteiger charge is -2.30. The molecule has 2 rings (SSSR count). The van der Waals surface area contributed by atoms with Gasteiger partial charge in [0, 0.05) is 19.6 Å². The number of unbranched alkanes of at least 4 members (excludes halogenated alkanes) is 1. The monoisotopic (exact) mass is 311 g/mol. The van der Waals surface area contributed by atoms with Crippen molar-refractivity contribution in [3.63, 3.8) is 0 Å². The fourth-order valence-electron chi connectivity index (χ4n) is 2.48. The summed E-state index contributed by atoms with van der Waals surface area (Å²) in [7, 11) is 0. The van der Waals surface area contributed by atoms with Crippen molar-refractivity contribution in [1.29, 1.82) is 0 Å². The predicted molar refractivity (Wildman–Crippen MR) is 83.9 cm³/mol. The van der Waals surface area contributed by atoms with Crippen LogP contribution in [-0.2, 0) is 14.3 Å². The first kappa shape index (κ1) is 17.3. The highest BCUT2D eigenvalue weighted by Gasteiger charge is 2.30. The molecule has 2 aliphatic rings. The summed E-state index contributed by atoms with van der Waals surface area (Å²) in [5.41, 5.74) is 0. The minimum atomic E-state index is -0.363. The number of hydrogen-bond acceptors (Lipinski definition) is 4. The van der Waals surface area contributed by atoms with Crippen molar-refractivity contribution in [3.8, 4) is 0 Å². The van der Waals surface area contributed by atoms with Crippen molar-refractivity contribution in [1.82, 2.24) is 5.32 Å². The minimum Gasteiger partial charge on any atom is -0.459 e. The topological polar surface area (TPSA) is 67.8 Å². The number of ether oxygens (including phenoxy) is 2. The smallest absolute Gasteiger partial charge is 0.286 e. The number of allylic oxidation sites excluding steroid dienone is 1. The normalized spacial score (nSPS) is 24.8. The molecule has 1 amide bonds. The maximum atomic E-state index is 12.2. The van der Waals surface area contributed by atoms with Crippen LogP contribution in [0.1, 0.15) is 46.0 Å². The summed E-state index contributed by atoms with van der Waals surface area (Å²) >= 11 is 0. The molecular weight excluding hydrogens is 282 g/mol. The molecular formula is C17H29NO4. The molecule has 0 saturated heterocycles. The largest absolute Gasteiger partial charge is 0.459 e. The fraction of sp³-hybridized carbons (Fsp3) is 0.824. The van der Waals surface area contributed by atoms with E-state index >= 15 is 0 Å². The second-order valence-electron chi connectivity index (χ2n) is 6.68. The van der Waals surface area contributed by atoms with E-state index in [1.807, 2.05) is 6.08 Å². The molecule has 1 fully saturated rings. The molecule has 5 heteroatoms. The minimum absolute atomic E-state index is 0.124. The predicted octanol–water partition coefficient (Wildman–Crippen LogP) is 2.20. The van der Waals surface area contributed by atoms with Crippen molar-refractivity contribution in [2.24, 2.45) is 17.8 Å². The van der Waals surface area contributed by atoms with E-state index in [4.69, 9.17) is 14.6 Å². The number of amides is 1. The molecule has 0 radical (unpaired) electrons. The first-order valence-electron chi connectivity index (χ1n) is 8.49. The third-order valence-electron chi connectivity index (χ3n) is 4.27. The lowest BCUT2D eigenvalue weighted by atomic mass is 9.90. The van der Waals surface area contributed by atoms with Gasteiger partial charge in [0.05, 0.1) is 6.61 Å². The van der Waals surface area contributed by atoms with E-state index in [1.165, 1.54) is 12.8 Å². The van der Waals surface area contributed by atoms with E-state index in [1.54, 1.807) is 0 Å². The number of aliphatic hydroxyl groups is 1. The van der Waals surface area contributed by atoms with E-state index in [9.17, 15) is 4.79 Å². The molecule has 1 heterocycles. The third-order valence-corrected chi connectivity index (χ3v) is 4.27. The maximum Gasteiger partial charge on any atom is 0.286 e. The van der Waals surface area contributed by atoms with Crippen LogP contribution in [0.2, 0.25) is 0 Å². The van der Waals surface area contributed by atoms with Crippen LogP contribution < -0.4 is 5.32 Å². The molecule has 1 saturated carbocycles. The molecule has 2 N–H and O–H groups in total. The number of aliphatic hydroxyl groups excluding tert-OH is 1. The molecule has 2 unspecified atom stereocenters. The summed E-state index contributed by atoms with van der Waals surface area (Å²) in [5, 5.41) is 11.7. The molecule has 22 heavy (non-hydrogen) atoms. The summed E-state index contributed by atoms with van der Waals surface area (Å²) in [6.45, 7) is 5.77. The van der Waals surface area contributed by atoms with Crippen LogP contribution in [0.3, 0.4) is 0 Å². The van der Waals surface area contributed by atoms with Gasteiger partial charge in [-0.2, -0.15) is 0 Å². The van der Waals surface area contributed by atoms with Gasteiger partial charge in [-0.05, 0) is 49.5 Å². The average Bonchev–Trinajstić information content (AvgIpc) is 3.33. The zero-order valence-electron chi connectivity index (χ0n) is 13.7. The van der Waals surface area contributed by atoms with Crippen LogP contribution in [-0.4, -0.2) is 37.1 Å². The van der Waals surface area contributed by atoms with Crippen LogP contribution in [0.4, 0.5) is 0 Å². The van der Waals surface area contributed by atoms with Gasteiger partial charge >= 0.3 is 0 Å². The van der Waals surface area contributed by atoms with Crippen LogP contribution in [0.25, 0.3) is 0 Å². The Kier molecular flexibility index (Phi) is 6.70. The van der Waals surface area contributed by atoms with E-state index in [0.717, 1.165) is 25.8 Å². The molecule has 0 spiro atoms. The summed E-state index contributed by atoms with van der Waals surface area (Å²) < 4.78 is 11.5. The number of carbonyl (C=O) groups excluding carboxylic acids is 1. The highest BCUT2D eigenvalue weighted by molar-refractivity contribution is 5.91. The van der Waals surface area contributed by atoms with E-state index < -0.39 is 0 Å². The van der Waals surface area contributed by atoms with Gasteiger partial charge in [-0.3, -0.25) is 4.79 Å². The van der Waals surface area contributed by atoms with E-state index in [0.29, 0.717) is 30.1 Å². The van der Waals surface area contributed by atoms with Crippen LogP contribution in [0, 0.1) is 17.8 Å². The quantitative estimate of drug-likeness (QED) is 0.641. The second-order valence-corrected chi connectivity index (χ2v) is 6.68. The molecule has 0 aromatic rings. The molecule has 5 nitrogen and oxygen atoms in total. The number of carbonyl (C=O) groups is 1. The van der Waals surface area contributed by atoms with Crippen molar-refractivity contribution < 1.29 is 19.4 Å². The summed E-state index contributed by atoms with van der Waals surface area (Å²) in [4.78, 5) is 12.2. The lowest BCUT2D eigenvalue weighted by Crippen LogP contribution is -2.35. The maximum absolute atomic E-state index is 12.2. The number of rotatable bonds is 9. The van der Waals surface area contributed by atoms with Crippen molar-refractivity contribution >= 4 is 5.91 Å².